The summed E-state index contributed by atoms with van der Waals surface area (Å²) >= 11 is 0. The van der Waals surface area contributed by atoms with Crippen LogP contribution in [0.4, 0.5) is 0 Å². The maximum Gasteiger partial charge on any atom is 0.323 e. The number of hydrogen-bond acceptors (Lipinski definition) is 3. The van der Waals surface area contributed by atoms with E-state index in [0.29, 0.717) is 0 Å². The van der Waals surface area contributed by atoms with Gasteiger partial charge in [-0.05, 0) is 27.2 Å². The van der Waals surface area contributed by atoms with Crippen molar-refractivity contribution in [1.29, 1.82) is 0 Å². The average molecular weight is 356 g/mol. The van der Waals surface area contributed by atoms with E-state index in [-0.39, 0.29) is 5.97 Å². The average Bonchev–Trinajstić information content (AvgIpc) is 2.53. The second-order valence-corrected chi connectivity index (χ2v) is 8.52. The van der Waals surface area contributed by atoms with Crippen molar-refractivity contribution in [1.82, 2.24) is 0 Å². The Labute approximate surface area is 157 Å². The number of carbonyl (C=O) groups is 1. The first-order chi connectivity index (χ1) is 11.9. The van der Waals surface area contributed by atoms with E-state index in [9.17, 15) is 4.79 Å². The van der Waals surface area contributed by atoms with Gasteiger partial charge in [-0.3, -0.25) is 4.79 Å². The molecular weight excluding hydrogens is 310 g/mol. The Bertz CT molecular complexity index is 310. The molecule has 0 saturated heterocycles. The first-order valence-corrected chi connectivity index (χ1v) is 10.8. The molecule has 3 nitrogen and oxygen atoms in total. The minimum atomic E-state index is -0.462. The number of nitrogens with two attached hydrogens (primary N) is 1. The molecule has 0 amide bonds. The van der Waals surface area contributed by atoms with Crippen LogP contribution in [0.15, 0.2) is 0 Å². The Balaban J connectivity index is 3.29. The van der Waals surface area contributed by atoms with Gasteiger partial charge in [-0.2, -0.15) is 0 Å². The Hall–Kier alpha value is -0.570. The molecule has 0 radical (unpaired) electrons. The first-order valence-electron chi connectivity index (χ1n) is 10.8. The zero-order chi connectivity index (χ0) is 19.0. The standard InChI is InChI=1S/C22H45NO2/c1-5-6-7-8-9-10-11-12-13-14-15-16-17-18-19-20(23)21(24)25-22(2,3)4/h20H,5-19,23H2,1-4H3/t20-/m0/s1. The van der Waals surface area contributed by atoms with Crippen molar-refractivity contribution >= 4 is 5.97 Å². The summed E-state index contributed by atoms with van der Waals surface area (Å²) in [4.78, 5) is 11.8. The van der Waals surface area contributed by atoms with Gasteiger partial charge < -0.3 is 10.5 Å². The van der Waals surface area contributed by atoms with Gasteiger partial charge in [-0.15, -0.1) is 0 Å². The molecule has 0 aliphatic rings. The van der Waals surface area contributed by atoms with Crippen LogP contribution in [0.1, 0.15) is 124 Å². The van der Waals surface area contributed by atoms with Gasteiger partial charge in [0.1, 0.15) is 11.6 Å². The van der Waals surface area contributed by atoms with E-state index in [4.69, 9.17) is 10.5 Å². The summed E-state index contributed by atoms with van der Waals surface area (Å²) in [7, 11) is 0. The zero-order valence-electron chi connectivity index (χ0n) is 17.6. The minimum absolute atomic E-state index is 0.262. The number of rotatable bonds is 16. The highest BCUT2D eigenvalue weighted by atomic mass is 16.6. The molecule has 0 aliphatic heterocycles. The van der Waals surface area contributed by atoms with Gasteiger partial charge in [0.05, 0.1) is 0 Å². The van der Waals surface area contributed by atoms with E-state index in [1.54, 1.807) is 0 Å². The predicted octanol–water partition coefficient (Wildman–Crippen LogP) is 6.53. The summed E-state index contributed by atoms with van der Waals surface area (Å²) < 4.78 is 5.31. The number of unbranched alkanes of at least 4 members (excludes halogenated alkanes) is 13. The molecule has 0 aromatic rings. The monoisotopic (exact) mass is 355 g/mol. The lowest BCUT2D eigenvalue weighted by atomic mass is 10.0. The fourth-order valence-corrected chi connectivity index (χ4v) is 3.05. The van der Waals surface area contributed by atoms with Crippen LogP contribution >= 0.6 is 0 Å². The summed E-state index contributed by atoms with van der Waals surface area (Å²) in [6.45, 7) is 7.91. The lowest BCUT2D eigenvalue weighted by Gasteiger charge is -2.22. The van der Waals surface area contributed by atoms with Gasteiger partial charge in [0.15, 0.2) is 0 Å². The van der Waals surface area contributed by atoms with E-state index in [2.05, 4.69) is 6.92 Å². The largest absolute Gasteiger partial charge is 0.459 e. The van der Waals surface area contributed by atoms with E-state index in [1.165, 1.54) is 83.5 Å². The third-order valence-corrected chi connectivity index (χ3v) is 4.58. The van der Waals surface area contributed by atoms with Gasteiger partial charge in [0, 0.05) is 0 Å². The van der Waals surface area contributed by atoms with Crippen molar-refractivity contribution in [2.75, 3.05) is 0 Å². The van der Waals surface area contributed by atoms with Crippen molar-refractivity contribution in [3.8, 4) is 0 Å². The molecule has 0 aliphatic carbocycles. The van der Waals surface area contributed by atoms with E-state index in [0.717, 1.165) is 12.8 Å². The summed E-state index contributed by atoms with van der Waals surface area (Å²) in [5.74, 6) is -0.262. The van der Waals surface area contributed by atoms with Crippen molar-refractivity contribution in [3.63, 3.8) is 0 Å². The molecule has 0 unspecified atom stereocenters. The van der Waals surface area contributed by atoms with Crippen molar-refractivity contribution in [2.24, 2.45) is 5.73 Å². The van der Waals surface area contributed by atoms with E-state index in [1.807, 2.05) is 20.8 Å². The van der Waals surface area contributed by atoms with Crippen LogP contribution in [0.2, 0.25) is 0 Å². The quantitative estimate of drug-likeness (QED) is 0.253. The second kappa shape index (κ2) is 15.7. The highest BCUT2D eigenvalue weighted by Gasteiger charge is 2.21. The van der Waals surface area contributed by atoms with Crippen molar-refractivity contribution in [3.05, 3.63) is 0 Å². The minimum Gasteiger partial charge on any atom is -0.459 e. The molecule has 0 saturated carbocycles. The van der Waals surface area contributed by atoms with E-state index < -0.39 is 11.6 Å². The van der Waals surface area contributed by atoms with Crippen molar-refractivity contribution in [2.45, 2.75) is 136 Å². The van der Waals surface area contributed by atoms with Gasteiger partial charge >= 0.3 is 5.97 Å². The molecule has 25 heavy (non-hydrogen) atoms. The Morgan fingerprint density at radius 2 is 1.12 bits per heavy atom. The molecule has 0 aromatic heterocycles. The Kier molecular flexibility index (Phi) is 15.3. The van der Waals surface area contributed by atoms with Gasteiger partial charge in [-0.25, -0.2) is 0 Å². The topological polar surface area (TPSA) is 52.3 Å². The van der Waals surface area contributed by atoms with Gasteiger partial charge in [0.2, 0.25) is 0 Å². The van der Waals surface area contributed by atoms with Gasteiger partial charge in [0.25, 0.3) is 0 Å². The van der Waals surface area contributed by atoms with Crippen LogP contribution < -0.4 is 5.73 Å². The van der Waals surface area contributed by atoms with Crippen LogP contribution in [0.5, 0.6) is 0 Å². The third-order valence-electron chi connectivity index (χ3n) is 4.58. The highest BCUT2D eigenvalue weighted by molar-refractivity contribution is 5.75. The predicted molar refractivity (Wildman–Crippen MR) is 109 cm³/mol. The second-order valence-electron chi connectivity index (χ2n) is 8.52. The third kappa shape index (κ3) is 18.0. The maximum absolute atomic E-state index is 11.8. The summed E-state index contributed by atoms with van der Waals surface area (Å²) in [6, 6.07) is -0.462. The van der Waals surface area contributed by atoms with Crippen LogP contribution in [-0.2, 0) is 9.53 Å². The molecule has 0 fully saturated rings. The molecule has 0 rings (SSSR count). The number of esters is 1. The normalized spacial score (nSPS) is 13.0. The molecule has 0 spiro atoms. The molecule has 1 atom stereocenters. The Morgan fingerprint density at radius 3 is 1.48 bits per heavy atom. The van der Waals surface area contributed by atoms with Crippen LogP contribution in [0.25, 0.3) is 0 Å². The molecule has 0 aromatic carbocycles. The van der Waals surface area contributed by atoms with Crippen LogP contribution in [-0.4, -0.2) is 17.6 Å². The molecule has 3 heteroatoms. The summed E-state index contributed by atoms with van der Waals surface area (Å²) in [5, 5.41) is 0. The zero-order valence-corrected chi connectivity index (χ0v) is 17.6. The lowest BCUT2D eigenvalue weighted by Crippen LogP contribution is -2.37. The fourth-order valence-electron chi connectivity index (χ4n) is 3.05. The SMILES string of the molecule is CCCCCCCCCCCCCCCC[C@H](N)C(=O)OC(C)(C)C. The number of carbonyl (C=O) groups excluding carboxylic acids is 1. The summed E-state index contributed by atoms with van der Waals surface area (Å²) in [6.07, 6.45) is 19.5. The van der Waals surface area contributed by atoms with Crippen LogP contribution in [0, 0.1) is 0 Å². The highest BCUT2D eigenvalue weighted by Crippen LogP contribution is 2.14. The molecule has 0 bridgehead atoms. The smallest absolute Gasteiger partial charge is 0.323 e. The molecule has 2 N–H and O–H groups in total. The number of ether oxygens (including phenoxy) is 1. The fraction of sp³-hybridized carbons (Fsp3) is 0.955. The lowest BCUT2D eigenvalue weighted by molar-refractivity contribution is -0.156. The molecule has 150 valence electrons. The first kappa shape index (κ1) is 24.4. The van der Waals surface area contributed by atoms with E-state index >= 15 is 0 Å². The summed E-state index contributed by atoms with van der Waals surface area (Å²) in [5.41, 5.74) is 5.46. The number of hydrogen-bond donors (Lipinski definition) is 1. The van der Waals surface area contributed by atoms with Gasteiger partial charge in [-0.1, -0.05) is 96.8 Å². The maximum atomic E-state index is 11.8. The molecule has 0 heterocycles. The molecular formula is C22H45NO2. The Morgan fingerprint density at radius 1 is 0.760 bits per heavy atom. The van der Waals surface area contributed by atoms with Crippen molar-refractivity contribution < 1.29 is 9.53 Å². The van der Waals surface area contributed by atoms with Crippen LogP contribution in [0.3, 0.4) is 0 Å².